The summed E-state index contributed by atoms with van der Waals surface area (Å²) < 4.78 is 5.52. The Morgan fingerprint density at radius 2 is 2.10 bits per heavy atom. The van der Waals surface area contributed by atoms with Crippen LogP contribution in [0.25, 0.3) is 0 Å². The Labute approximate surface area is 118 Å². The molecule has 0 aromatic heterocycles. The van der Waals surface area contributed by atoms with Crippen LogP contribution >= 0.6 is 0 Å². The average molecular weight is 277 g/mol. The van der Waals surface area contributed by atoms with Crippen LogP contribution in [0.3, 0.4) is 0 Å². The number of carboxylic acids is 1. The fraction of sp³-hybridized carbons (Fsp3) is 0.467. The molecule has 1 N–H and O–H groups in total. The highest BCUT2D eigenvalue weighted by Gasteiger charge is 2.35. The molecule has 1 atom stereocenters. The SMILES string of the molecule is CCOc1cc(C)c(N2CC(C(=O)O)CC2=O)cc1C. The lowest BCUT2D eigenvalue weighted by Gasteiger charge is -2.21. The Hall–Kier alpha value is -2.04. The first-order valence-corrected chi connectivity index (χ1v) is 6.71. The molecule has 1 aliphatic heterocycles. The maximum absolute atomic E-state index is 12.0. The Bertz CT molecular complexity index is 553. The molecule has 1 amide bonds. The summed E-state index contributed by atoms with van der Waals surface area (Å²) in [6.45, 7) is 6.57. The maximum Gasteiger partial charge on any atom is 0.308 e. The predicted octanol–water partition coefficient (Wildman–Crippen LogP) is 2.14. The second kappa shape index (κ2) is 5.53. The monoisotopic (exact) mass is 277 g/mol. The lowest BCUT2D eigenvalue weighted by molar-refractivity contribution is -0.141. The number of amides is 1. The second-order valence-corrected chi connectivity index (χ2v) is 5.08. The van der Waals surface area contributed by atoms with Gasteiger partial charge in [0.1, 0.15) is 5.75 Å². The Balaban J connectivity index is 2.32. The largest absolute Gasteiger partial charge is 0.494 e. The summed E-state index contributed by atoms with van der Waals surface area (Å²) in [5.74, 6) is -0.867. The van der Waals surface area contributed by atoms with Crippen molar-refractivity contribution >= 4 is 17.6 Å². The highest BCUT2D eigenvalue weighted by atomic mass is 16.5. The number of carboxylic acid groups (broad SMARTS) is 1. The number of ether oxygens (including phenoxy) is 1. The van der Waals surface area contributed by atoms with Gasteiger partial charge in [-0.3, -0.25) is 9.59 Å². The van der Waals surface area contributed by atoms with Crippen molar-refractivity contribution in [1.29, 1.82) is 0 Å². The number of benzene rings is 1. The second-order valence-electron chi connectivity index (χ2n) is 5.08. The van der Waals surface area contributed by atoms with Gasteiger partial charge in [0.25, 0.3) is 0 Å². The van der Waals surface area contributed by atoms with Crippen molar-refractivity contribution < 1.29 is 19.4 Å². The molecule has 0 radical (unpaired) electrons. The first-order chi connectivity index (χ1) is 9.43. The van der Waals surface area contributed by atoms with E-state index in [1.165, 1.54) is 0 Å². The molecule has 0 aliphatic carbocycles. The number of carbonyl (C=O) groups excluding carboxylic acids is 1. The van der Waals surface area contributed by atoms with E-state index >= 15 is 0 Å². The van der Waals surface area contributed by atoms with E-state index in [0.29, 0.717) is 6.61 Å². The number of carbonyl (C=O) groups is 2. The zero-order valence-electron chi connectivity index (χ0n) is 12.0. The van der Waals surface area contributed by atoms with Crippen molar-refractivity contribution in [1.82, 2.24) is 0 Å². The van der Waals surface area contributed by atoms with Crippen molar-refractivity contribution in [2.24, 2.45) is 5.92 Å². The summed E-state index contributed by atoms with van der Waals surface area (Å²) in [4.78, 5) is 24.6. The van der Waals surface area contributed by atoms with Crippen molar-refractivity contribution in [2.45, 2.75) is 27.2 Å². The van der Waals surface area contributed by atoms with Gasteiger partial charge < -0.3 is 14.7 Å². The Morgan fingerprint density at radius 3 is 2.65 bits per heavy atom. The highest BCUT2D eigenvalue weighted by Crippen LogP contribution is 2.32. The van der Waals surface area contributed by atoms with E-state index in [1.807, 2.05) is 32.9 Å². The van der Waals surface area contributed by atoms with Crippen LogP contribution in [0.1, 0.15) is 24.5 Å². The third-order valence-electron chi connectivity index (χ3n) is 3.56. The fourth-order valence-electron chi connectivity index (χ4n) is 2.48. The third kappa shape index (κ3) is 2.61. The molecule has 0 saturated carbocycles. The number of nitrogens with zero attached hydrogens (tertiary/aromatic N) is 1. The lowest BCUT2D eigenvalue weighted by Crippen LogP contribution is -2.26. The molecule has 1 saturated heterocycles. The smallest absolute Gasteiger partial charge is 0.308 e. The number of aryl methyl sites for hydroxylation is 2. The summed E-state index contributed by atoms with van der Waals surface area (Å²) in [5.41, 5.74) is 2.64. The molecule has 1 fully saturated rings. The van der Waals surface area contributed by atoms with E-state index in [0.717, 1.165) is 22.6 Å². The molecule has 0 spiro atoms. The number of hydrogen-bond acceptors (Lipinski definition) is 3. The average Bonchev–Trinajstić information content (AvgIpc) is 2.76. The summed E-state index contributed by atoms with van der Waals surface area (Å²) in [6.07, 6.45) is 0.0705. The van der Waals surface area contributed by atoms with Gasteiger partial charge in [-0.15, -0.1) is 0 Å². The standard InChI is InChI=1S/C15H19NO4/c1-4-20-13-6-9(2)12(5-10(13)3)16-8-11(15(18)19)7-14(16)17/h5-6,11H,4,7-8H2,1-3H3,(H,18,19). The van der Waals surface area contributed by atoms with Gasteiger partial charge in [0, 0.05) is 18.7 Å². The normalized spacial score (nSPS) is 18.4. The molecule has 5 nitrogen and oxygen atoms in total. The topological polar surface area (TPSA) is 66.8 Å². The van der Waals surface area contributed by atoms with Gasteiger partial charge >= 0.3 is 5.97 Å². The lowest BCUT2D eigenvalue weighted by atomic mass is 10.1. The first-order valence-electron chi connectivity index (χ1n) is 6.71. The summed E-state index contributed by atoms with van der Waals surface area (Å²) in [7, 11) is 0. The van der Waals surface area contributed by atoms with Gasteiger partial charge in [0.2, 0.25) is 5.91 Å². The minimum atomic E-state index is -0.916. The van der Waals surface area contributed by atoms with Crippen LogP contribution in [0.5, 0.6) is 5.75 Å². The predicted molar refractivity (Wildman–Crippen MR) is 75.2 cm³/mol. The van der Waals surface area contributed by atoms with Crippen molar-refractivity contribution in [2.75, 3.05) is 18.1 Å². The van der Waals surface area contributed by atoms with E-state index in [1.54, 1.807) is 4.90 Å². The van der Waals surface area contributed by atoms with Crippen LogP contribution in [0.4, 0.5) is 5.69 Å². The number of anilines is 1. The van der Waals surface area contributed by atoms with Gasteiger partial charge in [-0.2, -0.15) is 0 Å². The van der Waals surface area contributed by atoms with Crippen LogP contribution in [-0.4, -0.2) is 30.1 Å². The van der Waals surface area contributed by atoms with Crippen molar-refractivity contribution in [3.05, 3.63) is 23.3 Å². The van der Waals surface area contributed by atoms with Crippen LogP contribution in [0.2, 0.25) is 0 Å². The molecule has 108 valence electrons. The van der Waals surface area contributed by atoms with E-state index < -0.39 is 11.9 Å². The van der Waals surface area contributed by atoms with Gasteiger partial charge in [-0.1, -0.05) is 0 Å². The molecule has 1 aromatic rings. The van der Waals surface area contributed by atoms with Crippen molar-refractivity contribution in [3.8, 4) is 5.75 Å². The van der Waals surface area contributed by atoms with Gasteiger partial charge in [-0.05, 0) is 44.0 Å². The molecule has 1 aliphatic rings. The Morgan fingerprint density at radius 1 is 1.40 bits per heavy atom. The minimum absolute atomic E-state index is 0.0705. The molecule has 1 heterocycles. The van der Waals surface area contributed by atoms with Gasteiger partial charge in [0.05, 0.1) is 12.5 Å². The number of rotatable bonds is 4. The Kier molecular flexibility index (Phi) is 3.97. The van der Waals surface area contributed by atoms with Crippen LogP contribution < -0.4 is 9.64 Å². The molecule has 2 rings (SSSR count). The summed E-state index contributed by atoms with van der Waals surface area (Å²) in [6, 6.07) is 3.79. The molecular weight excluding hydrogens is 258 g/mol. The summed E-state index contributed by atoms with van der Waals surface area (Å²) >= 11 is 0. The van der Waals surface area contributed by atoms with Crippen LogP contribution in [0.15, 0.2) is 12.1 Å². The number of aliphatic carboxylic acids is 1. The number of hydrogen-bond donors (Lipinski definition) is 1. The zero-order valence-corrected chi connectivity index (χ0v) is 12.0. The van der Waals surface area contributed by atoms with E-state index in [9.17, 15) is 9.59 Å². The highest BCUT2D eigenvalue weighted by molar-refractivity contribution is 5.99. The van der Waals surface area contributed by atoms with E-state index in [2.05, 4.69) is 0 Å². The van der Waals surface area contributed by atoms with Crippen LogP contribution in [-0.2, 0) is 9.59 Å². The maximum atomic E-state index is 12.0. The van der Waals surface area contributed by atoms with Gasteiger partial charge in [0.15, 0.2) is 0 Å². The minimum Gasteiger partial charge on any atom is -0.494 e. The molecule has 0 bridgehead atoms. The molecule has 1 unspecified atom stereocenters. The van der Waals surface area contributed by atoms with Gasteiger partial charge in [-0.25, -0.2) is 0 Å². The molecule has 20 heavy (non-hydrogen) atoms. The molecular formula is C15H19NO4. The zero-order chi connectivity index (χ0) is 14.9. The fourth-order valence-corrected chi connectivity index (χ4v) is 2.48. The molecule has 5 heteroatoms. The van der Waals surface area contributed by atoms with E-state index in [4.69, 9.17) is 9.84 Å². The van der Waals surface area contributed by atoms with Crippen molar-refractivity contribution in [3.63, 3.8) is 0 Å². The third-order valence-corrected chi connectivity index (χ3v) is 3.56. The summed E-state index contributed by atoms with van der Waals surface area (Å²) in [5, 5.41) is 9.03. The first kappa shape index (κ1) is 14.4. The quantitative estimate of drug-likeness (QED) is 0.915. The van der Waals surface area contributed by atoms with Crippen LogP contribution in [0, 0.1) is 19.8 Å². The molecule has 1 aromatic carbocycles. The van der Waals surface area contributed by atoms with E-state index in [-0.39, 0.29) is 18.9 Å².